The molecule has 1 atom stereocenters. The number of amides is 2. The number of carbonyl (C=O) groups excluding carboxylic acids is 2. The lowest BCUT2D eigenvalue weighted by molar-refractivity contribution is -0.121. The minimum absolute atomic E-state index is 0.0856. The third-order valence-electron chi connectivity index (χ3n) is 2.65. The summed E-state index contributed by atoms with van der Waals surface area (Å²) in [6, 6.07) is 5.53. The average Bonchev–Trinajstić information content (AvgIpc) is 2.43. The minimum atomic E-state index is -1.01. The van der Waals surface area contributed by atoms with Crippen LogP contribution in [0, 0.1) is 5.82 Å². The maximum atomic E-state index is 13.4. The van der Waals surface area contributed by atoms with E-state index in [9.17, 15) is 19.1 Å². The van der Waals surface area contributed by atoms with Crippen LogP contribution in [0.2, 0.25) is 0 Å². The summed E-state index contributed by atoms with van der Waals surface area (Å²) in [5, 5.41) is 14.7. The maximum Gasteiger partial charge on any atom is 0.254 e. The molecule has 0 aliphatic rings. The highest BCUT2D eigenvalue weighted by atomic mass is 32.2. The summed E-state index contributed by atoms with van der Waals surface area (Å²) in [6.45, 7) is 1.42. The van der Waals surface area contributed by atoms with Crippen molar-refractivity contribution in [2.75, 3.05) is 25.1 Å². The second-order valence-corrected chi connectivity index (χ2v) is 5.74. The van der Waals surface area contributed by atoms with E-state index in [-0.39, 0.29) is 18.7 Å². The zero-order valence-corrected chi connectivity index (χ0v) is 12.8. The maximum absolute atomic E-state index is 13.4. The number of hydrogen-bond donors (Lipinski definition) is 3. The molecule has 0 spiro atoms. The second kappa shape index (κ2) is 7.99. The summed E-state index contributed by atoms with van der Waals surface area (Å²) in [5.41, 5.74) is -1.12. The number of halogens is 1. The predicted octanol–water partition coefficient (Wildman–Crippen LogP) is 0.786. The first-order valence-corrected chi connectivity index (χ1v) is 7.76. The zero-order valence-electron chi connectivity index (χ0n) is 12.0. The quantitative estimate of drug-likeness (QED) is 0.695. The fraction of sp³-hybridized carbons (Fsp3) is 0.429. The first-order valence-electron chi connectivity index (χ1n) is 6.36. The second-order valence-electron chi connectivity index (χ2n) is 4.87. The van der Waals surface area contributed by atoms with Crippen LogP contribution >= 0.6 is 11.8 Å². The number of carbonyl (C=O) groups is 2. The van der Waals surface area contributed by atoms with Gasteiger partial charge in [-0.15, -0.1) is 0 Å². The van der Waals surface area contributed by atoms with E-state index in [2.05, 4.69) is 10.6 Å². The molecule has 1 aromatic rings. The van der Waals surface area contributed by atoms with Crippen molar-refractivity contribution in [2.24, 2.45) is 0 Å². The molecule has 5 nitrogen and oxygen atoms in total. The van der Waals surface area contributed by atoms with Gasteiger partial charge in [0.15, 0.2) is 0 Å². The van der Waals surface area contributed by atoms with Gasteiger partial charge in [0.1, 0.15) is 5.82 Å². The van der Waals surface area contributed by atoms with Crippen LogP contribution in [0.15, 0.2) is 24.3 Å². The van der Waals surface area contributed by atoms with Gasteiger partial charge in [-0.05, 0) is 25.3 Å². The molecule has 7 heteroatoms. The van der Waals surface area contributed by atoms with Crippen LogP contribution in [0.25, 0.3) is 0 Å². The highest BCUT2D eigenvalue weighted by Crippen LogP contribution is 2.09. The summed E-state index contributed by atoms with van der Waals surface area (Å²) in [6.07, 6.45) is 1.85. The van der Waals surface area contributed by atoms with Crippen LogP contribution < -0.4 is 10.6 Å². The molecule has 3 N–H and O–H groups in total. The van der Waals surface area contributed by atoms with E-state index in [4.69, 9.17) is 0 Å². The van der Waals surface area contributed by atoms with E-state index in [1.807, 2.05) is 6.26 Å². The molecule has 1 unspecified atom stereocenters. The molecule has 21 heavy (non-hydrogen) atoms. The Morgan fingerprint density at radius 2 is 2.00 bits per heavy atom. The number of benzene rings is 1. The van der Waals surface area contributed by atoms with Gasteiger partial charge in [0.05, 0.1) is 17.7 Å². The Morgan fingerprint density at radius 3 is 2.62 bits per heavy atom. The van der Waals surface area contributed by atoms with Crippen LogP contribution in [0.1, 0.15) is 17.3 Å². The van der Waals surface area contributed by atoms with Gasteiger partial charge in [0.2, 0.25) is 5.91 Å². The number of hydrogen-bond acceptors (Lipinski definition) is 4. The number of rotatable bonds is 7. The Morgan fingerprint density at radius 1 is 1.33 bits per heavy atom. The molecule has 0 saturated heterocycles. The van der Waals surface area contributed by atoms with Gasteiger partial charge < -0.3 is 15.7 Å². The molecule has 0 bridgehead atoms. The highest BCUT2D eigenvalue weighted by molar-refractivity contribution is 7.98. The van der Waals surface area contributed by atoms with E-state index in [0.29, 0.717) is 5.75 Å². The monoisotopic (exact) mass is 314 g/mol. The zero-order chi connectivity index (χ0) is 15.9. The first-order chi connectivity index (χ1) is 9.85. The van der Waals surface area contributed by atoms with Crippen molar-refractivity contribution in [1.82, 2.24) is 10.6 Å². The fourth-order valence-corrected chi connectivity index (χ4v) is 2.34. The van der Waals surface area contributed by atoms with Crippen molar-refractivity contribution < 1.29 is 19.1 Å². The van der Waals surface area contributed by atoms with E-state index in [1.165, 1.54) is 36.0 Å². The van der Waals surface area contributed by atoms with Crippen LogP contribution in [0.3, 0.4) is 0 Å². The Bertz CT molecular complexity index is 509. The first kappa shape index (κ1) is 17.5. The molecule has 1 aromatic carbocycles. The lowest BCUT2D eigenvalue weighted by atomic mass is 10.1. The van der Waals surface area contributed by atoms with Gasteiger partial charge in [-0.2, -0.15) is 11.8 Å². The third kappa shape index (κ3) is 6.14. The molecule has 2 amide bonds. The average molecular weight is 314 g/mol. The summed E-state index contributed by atoms with van der Waals surface area (Å²) in [5.74, 6) is -1.26. The van der Waals surface area contributed by atoms with Gasteiger partial charge in [0, 0.05) is 12.3 Å². The van der Waals surface area contributed by atoms with Crippen molar-refractivity contribution in [3.63, 3.8) is 0 Å². The normalized spacial score (nSPS) is 13.3. The van der Waals surface area contributed by atoms with Crippen molar-refractivity contribution in [1.29, 1.82) is 0 Å². The smallest absolute Gasteiger partial charge is 0.254 e. The summed E-state index contributed by atoms with van der Waals surface area (Å²) in [4.78, 5) is 23.3. The standard InChI is InChI=1S/C14H19FN2O3S/c1-14(20,9-21-2)8-17-12(18)7-16-13(19)10-5-3-4-6-11(10)15/h3-6,20H,7-9H2,1-2H3,(H,16,19)(H,17,18). The number of aliphatic hydroxyl groups is 1. The molecular weight excluding hydrogens is 295 g/mol. The highest BCUT2D eigenvalue weighted by Gasteiger charge is 2.20. The Balaban J connectivity index is 2.40. The van der Waals surface area contributed by atoms with E-state index >= 15 is 0 Å². The van der Waals surface area contributed by atoms with Gasteiger partial charge in [0.25, 0.3) is 5.91 Å². The fourth-order valence-electron chi connectivity index (χ4n) is 1.61. The lowest BCUT2D eigenvalue weighted by Gasteiger charge is -2.22. The van der Waals surface area contributed by atoms with E-state index < -0.39 is 23.2 Å². The molecule has 116 valence electrons. The Kier molecular flexibility index (Phi) is 6.64. The SMILES string of the molecule is CSCC(C)(O)CNC(=O)CNC(=O)c1ccccc1F. The Hall–Kier alpha value is -1.60. The van der Waals surface area contributed by atoms with Crippen molar-refractivity contribution >= 4 is 23.6 Å². The predicted molar refractivity (Wildman–Crippen MR) is 80.7 cm³/mol. The number of thioether (sulfide) groups is 1. The van der Waals surface area contributed by atoms with Crippen LogP contribution in [0.4, 0.5) is 4.39 Å². The molecule has 0 saturated carbocycles. The summed E-state index contributed by atoms with van der Waals surface area (Å²) < 4.78 is 13.4. The largest absolute Gasteiger partial charge is 0.387 e. The van der Waals surface area contributed by atoms with E-state index in [1.54, 1.807) is 6.92 Å². The topological polar surface area (TPSA) is 78.4 Å². The third-order valence-corrected chi connectivity index (χ3v) is 3.56. The number of nitrogens with one attached hydrogen (secondary N) is 2. The van der Waals surface area contributed by atoms with Gasteiger partial charge in [-0.1, -0.05) is 12.1 Å². The van der Waals surface area contributed by atoms with Crippen LogP contribution in [-0.4, -0.2) is 47.6 Å². The summed E-state index contributed by atoms with van der Waals surface area (Å²) >= 11 is 1.46. The molecule has 0 aliphatic carbocycles. The molecule has 1 rings (SSSR count). The van der Waals surface area contributed by atoms with Crippen LogP contribution in [-0.2, 0) is 4.79 Å². The van der Waals surface area contributed by atoms with Crippen molar-refractivity contribution in [2.45, 2.75) is 12.5 Å². The summed E-state index contributed by atoms with van der Waals surface area (Å²) in [7, 11) is 0. The molecule has 0 fully saturated rings. The molecule has 0 heterocycles. The van der Waals surface area contributed by atoms with Crippen molar-refractivity contribution in [3.8, 4) is 0 Å². The van der Waals surface area contributed by atoms with Gasteiger partial charge in [-0.3, -0.25) is 9.59 Å². The van der Waals surface area contributed by atoms with Crippen molar-refractivity contribution in [3.05, 3.63) is 35.6 Å². The molecule has 0 aliphatic heterocycles. The minimum Gasteiger partial charge on any atom is -0.387 e. The molecular formula is C14H19FN2O3S. The van der Waals surface area contributed by atoms with Gasteiger partial charge in [-0.25, -0.2) is 4.39 Å². The molecule has 0 aromatic heterocycles. The van der Waals surface area contributed by atoms with E-state index in [0.717, 1.165) is 0 Å². The Labute approximate surface area is 127 Å². The molecule has 0 radical (unpaired) electrons. The van der Waals surface area contributed by atoms with Crippen LogP contribution in [0.5, 0.6) is 0 Å². The lowest BCUT2D eigenvalue weighted by Crippen LogP contribution is -2.45. The van der Waals surface area contributed by atoms with Gasteiger partial charge >= 0.3 is 0 Å².